The van der Waals surface area contributed by atoms with Crippen molar-refractivity contribution in [3.63, 3.8) is 0 Å². The van der Waals surface area contributed by atoms with Gasteiger partial charge in [-0.1, -0.05) is 36.8 Å². The number of carboxylic acid groups (broad SMARTS) is 1. The molecular weight excluding hydrogens is 294 g/mol. The largest absolute Gasteiger partial charge is 0.480 e. The maximum atomic E-state index is 12.6. The fourth-order valence-electron chi connectivity index (χ4n) is 2.97. The van der Waals surface area contributed by atoms with Crippen molar-refractivity contribution < 1.29 is 19.4 Å². The Kier molecular flexibility index (Phi) is 6.16. The van der Waals surface area contributed by atoms with Gasteiger partial charge in [-0.2, -0.15) is 0 Å². The second kappa shape index (κ2) is 8.11. The summed E-state index contributed by atoms with van der Waals surface area (Å²) in [5.74, 6) is -1.15. The Bertz CT molecular complexity index is 525. The van der Waals surface area contributed by atoms with Crippen molar-refractivity contribution in [2.24, 2.45) is 5.41 Å². The standard InChI is InChI=1S/C18H25NO4/c1-2-23-12-11-18(9-6-10-18)17(22)19-15(16(20)21)13-14-7-4-3-5-8-14/h3-5,7-8,15H,2,6,9-13H2,1H3,(H,19,22)(H,20,21). The predicted molar refractivity (Wildman–Crippen MR) is 87.1 cm³/mol. The van der Waals surface area contributed by atoms with Crippen molar-refractivity contribution >= 4 is 11.9 Å². The molecule has 23 heavy (non-hydrogen) atoms. The first-order valence-corrected chi connectivity index (χ1v) is 8.23. The molecule has 1 aromatic carbocycles. The van der Waals surface area contributed by atoms with Gasteiger partial charge in [-0.3, -0.25) is 4.79 Å². The molecule has 5 heteroatoms. The molecule has 1 unspecified atom stereocenters. The highest BCUT2D eigenvalue weighted by atomic mass is 16.5. The minimum Gasteiger partial charge on any atom is -0.480 e. The molecule has 1 atom stereocenters. The van der Waals surface area contributed by atoms with Crippen LogP contribution in [0.2, 0.25) is 0 Å². The molecule has 0 saturated heterocycles. The number of rotatable bonds is 9. The molecule has 1 fully saturated rings. The lowest BCUT2D eigenvalue weighted by Gasteiger charge is -2.40. The quantitative estimate of drug-likeness (QED) is 0.685. The van der Waals surface area contributed by atoms with E-state index in [0.717, 1.165) is 24.8 Å². The van der Waals surface area contributed by atoms with Crippen LogP contribution in [-0.2, 0) is 20.7 Å². The van der Waals surface area contributed by atoms with Crippen molar-refractivity contribution in [3.8, 4) is 0 Å². The van der Waals surface area contributed by atoms with Gasteiger partial charge in [0.2, 0.25) is 5.91 Å². The van der Waals surface area contributed by atoms with E-state index in [1.165, 1.54) is 0 Å². The van der Waals surface area contributed by atoms with Gasteiger partial charge in [0.25, 0.3) is 0 Å². The zero-order chi connectivity index (χ0) is 16.7. The lowest BCUT2D eigenvalue weighted by Crippen LogP contribution is -2.52. The highest BCUT2D eigenvalue weighted by Crippen LogP contribution is 2.44. The van der Waals surface area contributed by atoms with Gasteiger partial charge in [0.05, 0.1) is 5.41 Å². The summed E-state index contributed by atoms with van der Waals surface area (Å²) in [4.78, 5) is 24.1. The number of hydrogen-bond acceptors (Lipinski definition) is 3. The van der Waals surface area contributed by atoms with Crippen molar-refractivity contribution in [1.82, 2.24) is 5.32 Å². The molecule has 1 aliphatic carbocycles. The van der Waals surface area contributed by atoms with Crippen molar-refractivity contribution in [3.05, 3.63) is 35.9 Å². The van der Waals surface area contributed by atoms with E-state index in [1.807, 2.05) is 37.3 Å². The number of carbonyl (C=O) groups is 2. The average molecular weight is 319 g/mol. The van der Waals surface area contributed by atoms with Crippen LogP contribution in [0.15, 0.2) is 30.3 Å². The van der Waals surface area contributed by atoms with Gasteiger partial charge in [0, 0.05) is 19.6 Å². The third-order valence-corrected chi connectivity index (χ3v) is 4.61. The molecule has 0 aromatic heterocycles. The topological polar surface area (TPSA) is 75.6 Å². The van der Waals surface area contributed by atoms with E-state index in [4.69, 9.17) is 4.74 Å². The zero-order valence-electron chi connectivity index (χ0n) is 13.6. The highest BCUT2D eigenvalue weighted by Gasteiger charge is 2.44. The van der Waals surface area contributed by atoms with Crippen LogP contribution in [0.1, 0.15) is 38.2 Å². The molecule has 1 aliphatic rings. The molecular formula is C18H25NO4. The van der Waals surface area contributed by atoms with E-state index < -0.39 is 17.4 Å². The average Bonchev–Trinajstić information content (AvgIpc) is 2.50. The maximum Gasteiger partial charge on any atom is 0.326 e. The van der Waals surface area contributed by atoms with E-state index in [-0.39, 0.29) is 5.91 Å². The lowest BCUT2D eigenvalue weighted by molar-refractivity contribution is -0.146. The first-order chi connectivity index (χ1) is 11.1. The molecule has 0 bridgehead atoms. The first-order valence-electron chi connectivity index (χ1n) is 8.23. The van der Waals surface area contributed by atoms with Crippen LogP contribution < -0.4 is 5.32 Å². The summed E-state index contributed by atoms with van der Waals surface area (Å²) in [7, 11) is 0. The molecule has 0 radical (unpaired) electrons. The number of amides is 1. The SMILES string of the molecule is CCOCCC1(C(=O)NC(Cc2ccccc2)C(=O)O)CCC1. The molecule has 1 saturated carbocycles. The minimum atomic E-state index is -0.999. The summed E-state index contributed by atoms with van der Waals surface area (Å²) < 4.78 is 5.37. The minimum absolute atomic E-state index is 0.146. The molecule has 0 heterocycles. The number of aliphatic carboxylic acids is 1. The second-order valence-corrected chi connectivity index (χ2v) is 6.13. The summed E-state index contributed by atoms with van der Waals surface area (Å²) in [5.41, 5.74) is 0.455. The number of carboxylic acids is 1. The Balaban J connectivity index is 1.98. The maximum absolute atomic E-state index is 12.6. The molecule has 1 aromatic rings. The van der Waals surface area contributed by atoms with Crippen molar-refractivity contribution in [1.29, 1.82) is 0 Å². The molecule has 1 amide bonds. The van der Waals surface area contributed by atoms with Gasteiger partial charge >= 0.3 is 5.97 Å². The first kappa shape index (κ1) is 17.5. The Morgan fingerprint density at radius 1 is 1.30 bits per heavy atom. The van der Waals surface area contributed by atoms with Crippen LogP contribution in [0.4, 0.5) is 0 Å². The fraction of sp³-hybridized carbons (Fsp3) is 0.556. The lowest BCUT2D eigenvalue weighted by atomic mass is 9.66. The third kappa shape index (κ3) is 4.55. The normalized spacial score (nSPS) is 17.1. The molecule has 5 nitrogen and oxygen atoms in total. The smallest absolute Gasteiger partial charge is 0.326 e. The van der Waals surface area contributed by atoms with Gasteiger partial charge in [-0.25, -0.2) is 4.79 Å². The zero-order valence-corrected chi connectivity index (χ0v) is 13.6. The Morgan fingerprint density at radius 3 is 2.52 bits per heavy atom. The van der Waals surface area contributed by atoms with Crippen molar-refractivity contribution in [2.75, 3.05) is 13.2 Å². The van der Waals surface area contributed by atoms with Crippen LogP contribution in [-0.4, -0.2) is 36.2 Å². The van der Waals surface area contributed by atoms with E-state index in [0.29, 0.717) is 26.1 Å². The van der Waals surface area contributed by atoms with Gasteiger partial charge in [0.1, 0.15) is 6.04 Å². The molecule has 2 N–H and O–H groups in total. The Labute approximate surface area is 137 Å². The van der Waals surface area contributed by atoms with Crippen molar-refractivity contribution in [2.45, 2.75) is 45.1 Å². The van der Waals surface area contributed by atoms with Gasteiger partial charge in [-0.15, -0.1) is 0 Å². The number of hydrogen-bond donors (Lipinski definition) is 2. The number of carbonyl (C=O) groups excluding carboxylic acids is 1. The van der Waals surface area contributed by atoms with Crippen LogP contribution in [0.5, 0.6) is 0 Å². The van der Waals surface area contributed by atoms with Crippen LogP contribution >= 0.6 is 0 Å². The molecule has 2 rings (SSSR count). The van der Waals surface area contributed by atoms with Gasteiger partial charge in [0.15, 0.2) is 0 Å². The van der Waals surface area contributed by atoms with E-state index >= 15 is 0 Å². The summed E-state index contributed by atoms with van der Waals surface area (Å²) >= 11 is 0. The third-order valence-electron chi connectivity index (χ3n) is 4.61. The van der Waals surface area contributed by atoms with Crippen LogP contribution in [0.25, 0.3) is 0 Å². The predicted octanol–water partition coefficient (Wildman–Crippen LogP) is 2.40. The Morgan fingerprint density at radius 2 is 2.00 bits per heavy atom. The van der Waals surface area contributed by atoms with Gasteiger partial charge in [-0.05, 0) is 31.7 Å². The fourth-order valence-corrected chi connectivity index (χ4v) is 2.97. The summed E-state index contributed by atoms with van der Waals surface area (Å²) in [6.45, 7) is 3.09. The molecule has 0 spiro atoms. The summed E-state index contributed by atoms with van der Waals surface area (Å²) in [6, 6.07) is 8.47. The summed E-state index contributed by atoms with van der Waals surface area (Å²) in [6.07, 6.45) is 3.58. The van der Waals surface area contributed by atoms with E-state index in [1.54, 1.807) is 0 Å². The van der Waals surface area contributed by atoms with Gasteiger partial charge < -0.3 is 15.2 Å². The number of ether oxygens (including phenoxy) is 1. The second-order valence-electron chi connectivity index (χ2n) is 6.13. The number of benzene rings is 1. The monoisotopic (exact) mass is 319 g/mol. The summed E-state index contributed by atoms with van der Waals surface area (Å²) in [5, 5.41) is 12.2. The number of nitrogens with one attached hydrogen (secondary N) is 1. The molecule has 0 aliphatic heterocycles. The van der Waals surface area contributed by atoms with Crippen LogP contribution in [0.3, 0.4) is 0 Å². The van der Waals surface area contributed by atoms with E-state index in [2.05, 4.69) is 5.32 Å². The Hall–Kier alpha value is -1.88. The van der Waals surface area contributed by atoms with E-state index in [9.17, 15) is 14.7 Å². The molecule has 126 valence electrons. The highest BCUT2D eigenvalue weighted by molar-refractivity contribution is 5.88. The van der Waals surface area contributed by atoms with Crippen LogP contribution in [0, 0.1) is 5.41 Å².